The van der Waals surface area contributed by atoms with Gasteiger partial charge in [-0.3, -0.25) is 0 Å². The standard InChI is InChI=1S/C9H9ClF4O2S/c10-17(15,16)9(13,14)8(11,12)7-3-1-4-5(2-3)6(4)7/h3-7H,1-2H2. The van der Waals surface area contributed by atoms with E-state index in [0.29, 0.717) is 12.8 Å². The Balaban J connectivity index is 1.97. The van der Waals surface area contributed by atoms with Crippen molar-refractivity contribution in [2.75, 3.05) is 0 Å². The van der Waals surface area contributed by atoms with Gasteiger partial charge in [0.15, 0.2) is 0 Å². The first-order valence-electron chi connectivity index (χ1n) is 5.29. The molecule has 0 heterocycles. The molecule has 3 unspecified atom stereocenters. The Morgan fingerprint density at radius 3 is 1.82 bits per heavy atom. The average molecular weight is 293 g/mol. The Kier molecular flexibility index (Phi) is 2.07. The zero-order chi connectivity index (χ0) is 12.8. The van der Waals surface area contributed by atoms with E-state index in [-0.39, 0.29) is 11.8 Å². The van der Waals surface area contributed by atoms with E-state index in [2.05, 4.69) is 10.7 Å². The Morgan fingerprint density at radius 2 is 1.53 bits per heavy atom. The van der Waals surface area contributed by atoms with E-state index in [9.17, 15) is 26.0 Å². The van der Waals surface area contributed by atoms with Gasteiger partial charge < -0.3 is 0 Å². The van der Waals surface area contributed by atoms with E-state index in [1.807, 2.05) is 0 Å². The van der Waals surface area contributed by atoms with E-state index in [4.69, 9.17) is 0 Å². The molecule has 0 aromatic heterocycles. The molecule has 0 aliphatic heterocycles. The molecule has 0 aromatic carbocycles. The zero-order valence-corrected chi connectivity index (χ0v) is 9.99. The van der Waals surface area contributed by atoms with Crippen LogP contribution in [0.3, 0.4) is 0 Å². The summed E-state index contributed by atoms with van der Waals surface area (Å²) in [4.78, 5) is 0. The minimum absolute atomic E-state index is 0.102. The van der Waals surface area contributed by atoms with Crippen LogP contribution in [-0.4, -0.2) is 19.6 Å². The summed E-state index contributed by atoms with van der Waals surface area (Å²) in [5.74, 6) is -6.80. The van der Waals surface area contributed by atoms with Gasteiger partial charge in [-0.15, -0.1) is 0 Å². The lowest BCUT2D eigenvalue weighted by Crippen LogP contribution is -2.51. The fraction of sp³-hybridized carbons (Fsp3) is 1.00. The van der Waals surface area contributed by atoms with Crippen LogP contribution in [0.15, 0.2) is 0 Å². The van der Waals surface area contributed by atoms with Crippen molar-refractivity contribution in [3.8, 4) is 0 Å². The second-order valence-corrected chi connectivity index (χ2v) is 7.85. The molecular formula is C9H9ClF4O2S. The van der Waals surface area contributed by atoms with E-state index in [1.165, 1.54) is 0 Å². The maximum absolute atomic E-state index is 13.7. The molecule has 0 spiro atoms. The van der Waals surface area contributed by atoms with E-state index < -0.39 is 38.0 Å². The molecule has 4 aliphatic rings. The summed E-state index contributed by atoms with van der Waals surface area (Å²) in [6, 6.07) is 0. The molecule has 0 saturated heterocycles. The summed E-state index contributed by atoms with van der Waals surface area (Å²) >= 11 is 0. The first-order valence-corrected chi connectivity index (χ1v) is 7.60. The van der Waals surface area contributed by atoms with E-state index in [0.717, 1.165) is 0 Å². The molecular weight excluding hydrogens is 284 g/mol. The summed E-state index contributed by atoms with van der Waals surface area (Å²) in [6.07, 6.45) is 1.04. The molecule has 8 heteroatoms. The summed E-state index contributed by atoms with van der Waals surface area (Å²) in [6.45, 7) is 0. The summed E-state index contributed by atoms with van der Waals surface area (Å²) in [7, 11) is -1.17. The van der Waals surface area contributed by atoms with Crippen LogP contribution in [-0.2, 0) is 9.05 Å². The maximum Gasteiger partial charge on any atom is 0.421 e. The quantitative estimate of drug-likeness (QED) is 0.592. The van der Waals surface area contributed by atoms with Gasteiger partial charge in [0.05, 0.1) is 0 Å². The third-order valence-corrected chi connectivity index (χ3v) is 6.05. The molecule has 3 atom stereocenters. The Bertz CT molecular complexity index is 463. The van der Waals surface area contributed by atoms with Crippen molar-refractivity contribution < 1.29 is 26.0 Å². The van der Waals surface area contributed by atoms with E-state index >= 15 is 0 Å². The molecule has 17 heavy (non-hydrogen) atoms. The van der Waals surface area contributed by atoms with Gasteiger partial charge in [0, 0.05) is 16.6 Å². The fourth-order valence-electron chi connectivity index (χ4n) is 3.97. The first-order chi connectivity index (χ1) is 7.59. The molecule has 0 radical (unpaired) electrons. The molecule has 0 N–H and O–H groups in total. The molecule has 4 rings (SSSR count). The Hall–Kier alpha value is -0.0400. The van der Waals surface area contributed by atoms with Crippen molar-refractivity contribution in [1.82, 2.24) is 0 Å². The topological polar surface area (TPSA) is 34.1 Å². The number of alkyl halides is 4. The third kappa shape index (κ3) is 1.25. The Labute approximate surface area is 99.7 Å². The normalized spacial score (nSPS) is 44.2. The van der Waals surface area contributed by atoms with Crippen molar-refractivity contribution in [3.05, 3.63) is 0 Å². The first kappa shape index (κ1) is 12.0. The van der Waals surface area contributed by atoms with Gasteiger partial charge in [-0.05, 0) is 36.5 Å². The lowest BCUT2D eigenvalue weighted by Gasteiger charge is -2.31. The van der Waals surface area contributed by atoms with Crippen LogP contribution >= 0.6 is 10.7 Å². The van der Waals surface area contributed by atoms with Crippen LogP contribution in [0.1, 0.15) is 12.8 Å². The molecule has 2 nitrogen and oxygen atoms in total. The summed E-state index contributed by atoms with van der Waals surface area (Å²) in [5, 5.41) is -5.18. The van der Waals surface area contributed by atoms with E-state index in [1.54, 1.807) is 0 Å². The predicted octanol–water partition coefficient (Wildman–Crippen LogP) is 2.69. The molecule has 4 fully saturated rings. The third-order valence-electron chi connectivity index (χ3n) is 4.58. The zero-order valence-electron chi connectivity index (χ0n) is 8.42. The monoisotopic (exact) mass is 292 g/mol. The second kappa shape index (κ2) is 2.92. The van der Waals surface area contributed by atoms with Gasteiger partial charge >= 0.3 is 20.2 Å². The molecule has 4 aliphatic carbocycles. The second-order valence-electron chi connectivity index (χ2n) is 5.24. The largest absolute Gasteiger partial charge is 0.421 e. The van der Waals surface area contributed by atoms with Gasteiger partial charge in [0.2, 0.25) is 0 Å². The highest BCUT2D eigenvalue weighted by Gasteiger charge is 2.80. The highest BCUT2D eigenvalue weighted by Crippen LogP contribution is 2.77. The lowest BCUT2D eigenvalue weighted by atomic mass is 9.91. The van der Waals surface area contributed by atoms with Crippen LogP contribution in [0.25, 0.3) is 0 Å². The van der Waals surface area contributed by atoms with Crippen LogP contribution < -0.4 is 0 Å². The number of halogens is 5. The van der Waals surface area contributed by atoms with Crippen molar-refractivity contribution in [1.29, 1.82) is 0 Å². The van der Waals surface area contributed by atoms with Crippen molar-refractivity contribution in [2.45, 2.75) is 24.0 Å². The number of rotatable bonds is 3. The lowest BCUT2D eigenvalue weighted by molar-refractivity contribution is -0.197. The minimum Gasteiger partial charge on any atom is -0.206 e. The molecule has 4 bridgehead atoms. The maximum atomic E-state index is 13.7. The van der Waals surface area contributed by atoms with Gasteiger partial charge in [0.1, 0.15) is 0 Å². The predicted molar refractivity (Wildman–Crippen MR) is 51.4 cm³/mol. The van der Waals surface area contributed by atoms with Crippen LogP contribution in [0, 0.1) is 29.6 Å². The summed E-state index contributed by atoms with van der Waals surface area (Å²) in [5.41, 5.74) is 0. The highest BCUT2D eigenvalue weighted by atomic mass is 35.7. The SMILES string of the molecule is O=S(=O)(Cl)C(F)(F)C(F)(F)C1C2CC3C(C2)C31. The Morgan fingerprint density at radius 1 is 1.06 bits per heavy atom. The smallest absolute Gasteiger partial charge is 0.206 e. The van der Waals surface area contributed by atoms with Crippen molar-refractivity contribution in [2.24, 2.45) is 29.6 Å². The number of hydrogen-bond donors (Lipinski definition) is 0. The average Bonchev–Trinajstić information content (AvgIpc) is 2.59. The summed E-state index contributed by atoms with van der Waals surface area (Å²) < 4.78 is 75.3. The van der Waals surface area contributed by atoms with Gasteiger partial charge in [-0.2, -0.15) is 17.6 Å². The van der Waals surface area contributed by atoms with Crippen LogP contribution in [0.5, 0.6) is 0 Å². The van der Waals surface area contributed by atoms with Crippen LogP contribution in [0.2, 0.25) is 0 Å². The van der Waals surface area contributed by atoms with Crippen molar-refractivity contribution in [3.63, 3.8) is 0 Å². The molecule has 0 aromatic rings. The van der Waals surface area contributed by atoms with Gasteiger partial charge in [-0.25, -0.2) is 8.42 Å². The highest BCUT2D eigenvalue weighted by molar-refractivity contribution is 8.14. The molecule has 98 valence electrons. The fourth-order valence-corrected chi connectivity index (χ4v) is 4.74. The van der Waals surface area contributed by atoms with Gasteiger partial charge in [-0.1, -0.05) is 0 Å². The molecule has 0 amide bonds. The van der Waals surface area contributed by atoms with Crippen LogP contribution in [0.4, 0.5) is 17.6 Å². The van der Waals surface area contributed by atoms with Gasteiger partial charge in [0.25, 0.3) is 0 Å². The van der Waals surface area contributed by atoms with Crippen molar-refractivity contribution >= 4 is 19.7 Å². The minimum atomic E-state index is -5.62. The molecule has 4 saturated carbocycles. The number of hydrogen-bond acceptors (Lipinski definition) is 2.